The molecule has 2 aromatic rings. The van der Waals surface area contributed by atoms with E-state index in [2.05, 4.69) is 15.5 Å². The Bertz CT molecular complexity index is 1120. The number of amides is 3. The maximum absolute atomic E-state index is 13.3. The van der Waals surface area contributed by atoms with E-state index in [-0.39, 0.29) is 36.1 Å². The Morgan fingerprint density at radius 2 is 2.03 bits per heavy atom. The second-order valence-corrected chi connectivity index (χ2v) is 10.1. The molecule has 34 heavy (non-hydrogen) atoms. The van der Waals surface area contributed by atoms with Crippen molar-refractivity contribution in [3.8, 4) is 0 Å². The van der Waals surface area contributed by atoms with Gasteiger partial charge in [0.1, 0.15) is 11.7 Å². The van der Waals surface area contributed by atoms with Crippen LogP contribution in [0, 0.1) is 5.92 Å². The van der Waals surface area contributed by atoms with Gasteiger partial charge in [-0.3, -0.25) is 19.3 Å². The molecule has 2 unspecified atom stereocenters. The number of aromatic nitrogens is 2. The Morgan fingerprint density at radius 3 is 2.76 bits per heavy atom. The molecule has 0 bridgehead atoms. The first-order valence-electron chi connectivity index (χ1n) is 12.2. The number of carbonyl (C=O) groups excluding carboxylic acids is 3. The van der Waals surface area contributed by atoms with E-state index in [4.69, 9.17) is 4.52 Å². The Morgan fingerprint density at radius 1 is 1.26 bits per heavy atom. The van der Waals surface area contributed by atoms with Gasteiger partial charge in [0.05, 0.1) is 11.3 Å². The number of rotatable bonds is 8. The van der Waals surface area contributed by atoms with Crippen molar-refractivity contribution < 1.29 is 18.9 Å². The lowest BCUT2D eigenvalue weighted by Gasteiger charge is -2.48. The van der Waals surface area contributed by atoms with Gasteiger partial charge in [-0.15, -0.1) is 0 Å². The molecule has 1 aromatic heterocycles. The average molecular weight is 466 g/mol. The molecule has 9 heteroatoms. The van der Waals surface area contributed by atoms with E-state index < -0.39 is 5.66 Å². The van der Waals surface area contributed by atoms with Crippen LogP contribution >= 0.6 is 0 Å². The van der Waals surface area contributed by atoms with Crippen molar-refractivity contribution in [1.82, 2.24) is 20.4 Å². The van der Waals surface area contributed by atoms with Crippen molar-refractivity contribution in [2.45, 2.75) is 76.9 Å². The first kappa shape index (κ1) is 22.6. The maximum Gasteiger partial charge on any atom is 0.257 e. The summed E-state index contributed by atoms with van der Waals surface area (Å²) in [6.07, 6.45) is 3.88. The van der Waals surface area contributed by atoms with Crippen LogP contribution in [-0.2, 0) is 9.59 Å². The van der Waals surface area contributed by atoms with Crippen molar-refractivity contribution in [3.05, 3.63) is 41.5 Å². The highest BCUT2D eigenvalue weighted by molar-refractivity contribution is 6.10. The van der Waals surface area contributed by atoms with Crippen LogP contribution in [0.4, 0.5) is 5.69 Å². The van der Waals surface area contributed by atoms with Gasteiger partial charge in [0, 0.05) is 25.3 Å². The zero-order chi connectivity index (χ0) is 24.0. The minimum atomic E-state index is -0.706. The van der Waals surface area contributed by atoms with Gasteiger partial charge in [-0.1, -0.05) is 31.1 Å². The Balaban J connectivity index is 1.24. The number of benzene rings is 1. The molecule has 2 fully saturated rings. The van der Waals surface area contributed by atoms with Gasteiger partial charge in [-0.05, 0) is 50.7 Å². The fraction of sp³-hybridized carbons (Fsp3) is 0.560. The van der Waals surface area contributed by atoms with Crippen LogP contribution in [0.3, 0.4) is 0 Å². The summed E-state index contributed by atoms with van der Waals surface area (Å²) in [6, 6.07) is 6.90. The largest absolute Gasteiger partial charge is 0.344 e. The molecular weight excluding hydrogens is 434 g/mol. The van der Waals surface area contributed by atoms with Gasteiger partial charge in [-0.25, -0.2) is 0 Å². The fourth-order valence-electron chi connectivity index (χ4n) is 5.08. The van der Waals surface area contributed by atoms with Crippen molar-refractivity contribution in [2.24, 2.45) is 5.92 Å². The van der Waals surface area contributed by atoms with Crippen LogP contribution < -0.4 is 10.2 Å². The number of anilines is 1. The molecule has 2 aliphatic heterocycles. The summed E-state index contributed by atoms with van der Waals surface area (Å²) in [4.78, 5) is 46.8. The van der Waals surface area contributed by atoms with Crippen LogP contribution in [-0.4, -0.2) is 45.0 Å². The molecule has 1 saturated carbocycles. The van der Waals surface area contributed by atoms with Crippen LogP contribution in [0.1, 0.15) is 93.3 Å². The van der Waals surface area contributed by atoms with E-state index in [0.29, 0.717) is 48.9 Å². The second kappa shape index (κ2) is 8.52. The Kier molecular flexibility index (Phi) is 5.65. The normalized spacial score (nSPS) is 22.7. The topological polar surface area (TPSA) is 109 Å². The predicted molar refractivity (Wildman–Crippen MR) is 124 cm³/mol. The van der Waals surface area contributed by atoms with Gasteiger partial charge in [-0.2, -0.15) is 4.98 Å². The number of hydrogen-bond acceptors (Lipinski definition) is 6. The highest BCUT2D eigenvalue weighted by Crippen LogP contribution is 2.44. The van der Waals surface area contributed by atoms with E-state index in [1.54, 1.807) is 15.9 Å². The van der Waals surface area contributed by atoms with Crippen LogP contribution in [0.25, 0.3) is 0 Å². The van der Waals surface area contributed by atoms with Gasteiger partial charge < -0.3 is 14.7 Å². The standard InChI is InChI=1S/C25H31N5O4/c1-15(2)21(23-27-22(28-34-23)16-10-11-16)26-19(31)9-6-14-29-24(33)17-7-4-5-8-18(17)30-20(32)12-13-25(29,30)3/h4-5,7-8,15-16,21H,6,9-14H2,1-3H3,(H,26,31). The smallest absolute Gasteiger partial charge is 0.257 e. The maximum atomic E-state index is 13.3. The Labute approximate surface area is 198 Å². The second-order valence-electron chi connectivity index (χ2n) is 10.1. The van der Waals surface area contributed by atoms with Crippen molar-refractivity contribution in [1.29, 1.82) is 0 Å². The molecule has 5 rings (SSSR count). The molecule has 3 amide bonds. The number of fused-ring (bicyclic) bond motifs is 3. The van der Waals surface area contributed by atoms with Crippen molar-refractivity contribution in [3.63, 3.8) is 0 Å². The summed E-state index contributed by atoms with van der Waals surface area (Å²) in [7, 11) is 0. The third-order valence-electron chi connectivity index (χ3n) is 7.18. The third kappa shape index (κ3) is 3.86. The quantitative estimate of drug-likeness (QED) is 0.639. The minimum absolute atomic E-state index is 0.0232. The lowest BCUT2D eigenvalue weighted by atomic mass is 9.97. The summed E-state index contributed by atoms with van der Waals surface area (Å²) in [5, 5.41) is 7.10. The van der Waals surface area contributed by atoms with Crippen LogP contribution in [0.15, 0.2) is 28.8 Å². The number of nitrogens with zero attached hydrogens (tertiary/aromatic N) is 4. The molecular formula is C25H31N5O4. The molecule has 180 valence electrons. The third-order valence-corrected chi connectivity index (χ3v) is 7.18. The summed E-state index contributed by atoms with van der Waals surface area (Å²) < 4.78 is 5.44. The number of hydrogen-bond donors (Lipinski definition) is 1. The highest BCUT2D eigenvalue weighted by atomic mass is 16.5. The van der Waals surface area contributed by atoms with E-state index in [9.17, 15) is 14.4 Å². The fourth-order valence-corrected chi connectivity index (χ4v) is 5.08. The van der Waals surface area contributed by atoms with Gasteiger partial charge in [0.15, 0.2) is 5.82 Å². The molecule has 2 atom stereocenters. The summed E-state index contributed by atoms with van der Waals surface area (Å²) >= 11 is 0. The van der Waals surface area contributed by atoms with Gasteiger partial charge in [0.2, 0.25) is 17.7 Å². The van der Waals surface area contributed by atoms with Crippen molar-refractivity contribution >= 4 is 23.4 Å². The molecule has 1 N–H and O–H groups in total. The molecule has 3 heterocycles. The molecule has 0 spiro atoms. The Hall–Kier alpha value is -3.23. The molecule has 1 aromatic carbocycles. The lowest BCUT2D eigenvalue weighted by Crippen LogP contribution is -2.62. The minimum Gasteiger partial charge on any atom is -0.344 e. The molecule has 3 aliphatic rings. The molecule has 9 nitrogen and oxygen atoms in total. The van der Waals surface area contributed by atoms with E-state index in [1.807, 2.05) is 39.0 Å². The highest BCUT2D eigenvalue weighted by Gasteiger charge is 2.52. The first-order chi connectivity index (χ1) is 16.3. The molecule has 1 aliphatic carbocycles. The monoisotopic (exact) mass is 465 g/mol. The van der Waals surface area contributed by atoms with E-state index in [0.717, 1.165) is 18.7 Å². The number of para-hydroxylation sites is 1. The zero-order valence-corrected chi connectivity index (χ0v) is 19.9. The average Bonchev–Trinajstić information content (AvgIpc) is 3.46. The van der Waals surface area contributed by atoms with Crippen molar-refractivity contribution in [2.75, 3.05) is 11.4 Å². The van der Waals surface area contributed by atoms with Gasteiger partial charge in [0.25, 0.3) is 5.91 Å². The number of carbonyl (C=O) groups is 3. The summed E-state index contributed by atoms with van der Waals surface area (Å²) in [6.45, 7) is 6.33. The predicted octanol–water partition coefficient (Wildman–Crippen LogP) is 3.54. The van der Waals surface area contributed by atoms with Crippen LogP contribution in [0.5, 0.6) is 0 Å². The van der Waals surface area contributed by atoms with E-state index >= 15 is 0 Å². The SMILES string of the molecule is CC(C)C(NC(=O)CCCN1C(=O)c2ccccc2N2C(=O)CCC12C)c1nc(C2CC2)no1. The summed E-state index contributed by atoms with van der Waals surface area (Å²) in [5.74, 6) is 1.45. The number of nitrogens with one attached hydrogen (secondary N) is 1. The van der Waals surface area contributed by atoms with Gasteiger partial charge >= 0.3 is 0 Å². The summed E-state index contributed by atoms with van der Waals surface area (Å²) in [5.41, 5.74) is 0.501. The lowest BCUT2D eigenvalue weighted by molar-refractivity contribution is -0.122. The molecule has 0 radical (unpaired) electrons. The zero-order valence-electron chi connectivity index (χ0n) is 19.9. The van der Waals surface area contributed by atoms with E-state index in [1.165, 1.54) is 0 Å². The molecule has 1 saturated heterocycles. The first-order valence-corrected chi connectivity index (χ1v) is 12.2. The van der Waals surface area contributed by atoms with Crippen LogP contribution in [0.2, 0.25) is 0 Å².